The van der Waals surface area contributed by atoms with E-state index in [2.05, 4.69) is 0 Å². The second-order valence-corrected chi connectivity index (χ2v) is 4.48. The van der Waals surface area contributed by atoms with Gasteiger partial charge in [-0.05, 0) is 6.07 Å². The van der Waals surface area contributed by atoms with Gasteiger partial charge in [0.1, 0.15) is 5.76 Å². The molecular weight excluding hydrogens is 202 g/mol. The van der Waals surface area contributed by atoms with E-state index in [1.54, 1.807) is 6.07 Å². The molecule has 78 valence electrons. The average Bonchev–Trinajstić information content (AvgIpc) is 2.45. The fourth-order valence-electron chi connectivity index (χ4n) is 1.11. The lowest BCUT2D eigenvalue weighted by atomic mass is 9.93. The minimum absolute atomic E-state index is 0.144. The van der Waals surface area contributed by atoms with Crippen LogP contribution in [0.1, 0.15) is 42.6 Å². The van der Waals surface area contributed by atoms with E-state index in [9.17, 15) is 4.79 Å². The molecule has 1 rings (SSSR count). The standard InChI is InChI=1S/C10H14ClNO2/c1-10(2,3)7-4-6(5-11)8(14-7)9(12)13/h4H,5H2,1-3H3,(H2,12,13). The Kier molecular flexibility index (Phi) is 2.90. The molecule has 4 heteroatoms. The van der Waals surface area contributed by atoms with E-state index in [1.165, 1.54) is 0 Å². The van der Waals surface area contributed by atoms with E-state index in [4.69, 9.17) is 21.8 Å². The van der Waals surface area contributed by atoms with Gasteiger partial charge in [-0.2, -0.15) is 0 Å². The largest absolute Gasteiger partial charge is 0.455 e. The van der Waals surface area contributed by atoms with Gasteiger partial charge in [0.15, 0.2) is 5.76 Å². The molecule has 1 amide bonds. The molecule has 2 N–H and O–H groups in total. The summed E-state index contributed by atoms with van der Waals surface area (Å²) in [6.45, 7) is 5.98. The minimum atomic E-state index is -0.573. The highest BCUT2D eigenvalue weighted by Gasteiger charge is 2.23. The molecule has 0 aliphatic rings. The number of rotatable bonds is 2. The molecule has 0 radical (unpaired) electrons. The van der Waals surface area contributed by atoms with Crippen molar-refractivity contribution in [3.8, 4) is 0 Å². The van der Waals surface area contributed by atoms with Gasteiger partial charge in [0.05, 0.1) is 5.88 Å². The first-order chi connectivity index (χ1) is 6.36. The number of hydrogen-bond donors (Lipinski definition) is 1. The number of furan rings is 1. The van der Waals surface area contributed by atoms with E-state index in [-0.39, 0.29) is 17.1 Å². The summed E-state index contributed by atoms with van der Waals surface area (Å²) < 4.78 is 5.37. The summed E-state index contributed by atoms with van der Waals surface area (Å²) in [6, 6.07) is 1.78. The van der Waals surface area contributed by atoms with Crippen molar-refractivity contribution in [1.29, 1.82) is 0 Å². The zero-order valence-corrected chi connectivity index (χ0v) is 9.31. The second kappa shape index (κ2) is 3.65. The number of hydrogen-bond acceptors (Lipinski definition) is 2. The number of primary amides is 1. The van der Waals surface area contributed by atoms with Crippen LogP contribution in [0.2, 0.25) is 0 Å². The van der Waals surface area contributed by atoms with Crippen LogP contribution >= 0.6 is 11.6 Å². The van der Waals surface area contributed by atoms with E-state index in [0.29, 0.717) is 5.56 Å². The topological polar surface area (TPSA) is 56.2 Å². The molecule has 0 atom stereocenters. The molecule has 0 aliphatic carbocycles. The molecule has 1 aromatic rings. The zero-order chi connectivity index (χ0) is 10.9. The first-order valence-electron chi connectivity index (χ1n) is 4.35. The SMILES string of the molecule is CC(C)(C)c1cc(CCl)c(C(N)=O)o1. The number of alkyl halides is 1. The molecular formula is C10H14ClNO2. The van der Waals surface area contributed by atoms with E-state index in [1.807, 2.05) is 20.8 Å². The van der Waals surface area contributed by atoms with Crippen molar-refractivity contribution in [1.82, 2.24) is 0 Å². The number of nitrogens with two attached hydrogens (primary N) is 1. The summed E-state index contributed by atoms with van der Waals surface area (Å²) in [4.78, 5) is 11.0. The Morgan fingerprint density at radius 3 is 2.43 bits per heavy atom. The third-order valence-electron chi connectivity index (χ3n) is 1.92. The normalized spacial score (nSPS) is 11.7. The number of halogens is 1. The van der Waals surface area contributed by atoms with Crippen LogP contribution in [-0.2, 0) is 11.3 Å². The first kappa shape index (κ1) is 11.1. The molecule has 0 saturated heterocycles. The monoisotopic (exact) mass is 215 g/mol. The molecule has 0 bridgehead atoms. The van der Waals surface area contributed by atoms with Crippen molar-refractivity contribution >= 4 is 17.5 Å². The first-order valence-corrected chi connectivity index (χ1v) is 4.88. The lowest BCUT2D eigenvalue weighted by molar-refractivity contribution is 0.0969. The highest BCUT2D eigenvalue weighted by atomic mass is 35.5. The fraction of sp³-hybridized carbons (Fsp3) is 0.500. The van der Waals surface area contributed by atoms with Crippen LogP contribution in [0.25, 0.3) is 0 Å². The van der Waals surface area contributed by atoms with Crippen LogP contribution in [0.15, 0.2) is 10.5 Å². The fourth-order valence-corrected chi connectivity index (χ4v) is 1.30. The van der Waals surface area contributed by atoms with Gasteiger partial charge in [-0.1, -0.05) is 20.8 Å². The quantitative estimate of drug-likeness (QED) is 0.771. The van der Waals surface area contributed by atoms with Gasteiger partial charge < -0.3 is 10.2 Å². The van der Waals surface area contributed by atoms with Gasteiger partial charge in [0.2, 0.25) is 0 Å². The molecule has 0 spiro atoms. The molecule has 1 heterocycles. The summed E-state index contributed by atoms with van der Waals surface area (Å²) in [5, 5.41) is 0. The molecule has 0 unspecified atom stereocenters. The molecule has 0 aliphatic heterocycles. The molecule has 1 aromatic heterocycles. The highest BCUT2D eigenvalue weighted by molar-refractivity contribution is 6.17. The van der Waals surface area contributed by atoms with E-state index >= 15 is 0 Å². The van der Waals surface area contributed by atoms with Gasteiger partial charge in [0.25, 0.3) is 5.91 Å². The van der Waals surface area contributed by atoms with Gasteiger partial charge in [-0.15, -0.1) is 11.6 Å². The van der Waals surface area contributed by atoms with Crippen LogP contribution in [-0.4, -0.2) is 5.91 Å². The Bertz CT molecular complexity index is 349. The van der Waals surface area contributed by atoms with Crippen LogP contribution in [0.4, 0.5) is 0 Å². The summed E-state index contributed by atoms with van der Waals surface area (Å²) in [5.74, 6) is 0.556. The third kappa shape index (κ3) is 2.10. The zero-order valence-electron chi connectivity index (χ0n) is 8.56. The highest BCUT2D eigenvalue weighted by Crippen LogP contribution is 2.27. The van der Waals surface area contributed by atoms with Crippen LogP contribution in [0, 0.1) is 0 Å². The third-order valence-corrected chi connectivity index (χ3v) is 2.20. The number of carbonyl (C=O) groups is 1. The molecule has 0 saturated carbocycles. The summed E-state index contributed by atoms with van der Waals surface area (Å²) in [5.41, 5.74) is 5.67. The van der Waals surface area contributed by atoms with Crippen molar-refractivity contribution in [2.75, 3.05) is 0 Å². The number of amides is 1. The summed E-state index contributed by atoms with van der Waals surface area (Å²) >= 11 is 5.67. The summed E-state index contributed by atoms with van der Waals surface area (Å²) in [7, 11) is 0. The minimum Gasteiger partial charge on any atom is -0.455 e. The Hall–Kier alpha value is -0.960. The van der Waals surface area contributed by atoms with Crippen molar-refractivity contribution in [2.24, 2.45) is 5.73 Å². The Labute approximate surface area is 88.2 Å². The van der Waals surface area contributed by atoms with E-state index < -0.39 is 5.91 Å². The second-order valence-electron chi connectivity index (χ2n) is 4.21. The maximum Gasteiger partial charge on any atom is 0.284 e. The lowest BCUT2D eigenvalue weighted by Crippen LogP contribution is -2.12. The van der Waals surface area contributed by atoms with Gasteiger partial charge >= 0.3 is 0 Å². The van der Waals surface area contributed by atoms with Crippen molar-refractivity contribution in [2.45, 2.75) is 32.1 Å². The van der Waals surface area contributed by atoms with Crippen LogP contribution in [0.3, 0.4) is 0 Å². The van der Waals surface area contributed by atoms with Gasteiger partial charge in [0, 0.05) is 11.0 Å². The van der Waals surface area contributed by atoms with Crippen LogP contribution < -0.4 is 5.73 Å². The molecule has 0 aromatic carbocycles. The van der Waals surface area contributed by atoms with Crippen LogP contribution in [0.5, 0.6) is 0 Å². The van der Waals surface area contributed by atoms with Gasteiger partial charge in [-0.3, -0.25) is 4.79 Å². The maximum atomic E-state index is 11.0. The van der Waals surface area contributed by atoms with Crippen molar-refractivity contribution < 1.29 is 9.21 Å². The molecule has 0 fully saturated rings. The van der Waals surface area contributed by atoms with E-state index in [0.717, 1.165) is 5.76 Å². The van der Waals surface area contributed by atoms with Crippen molar-refractivity contribution in [3.63, 3.8) is 0 Å². The maximum absolute atomic E-state index is 11.0. The smallest absolute Gasteiger partial charge is 0.284 e. The number of carbonyl (C=O) groups excluding carboxylic acids is 1. The average molecular weight is 216 g/mol. The van der Waals surface area contributed by atoms with Crippen molar-refractivity contribution in [3.05, 3.63) is 23.2 Å². The Morgan fingerprint density at radius 1 is 1.57 bits per heavy atom. The predicted octanol–water partition coefficient (Wildman–Crippen LogP) is 2.41. The Balaban J connectivity index is 3.20. The van der Waals surface area contributed by atoms with Gasteiger partial charge in [-0.25, -0.2) is 0 Å². The predicted molar refractivity (Wildman–Crippen MR) is 55.5 cm³/mol. The Morgan fingerprint density at radius 2 is 2.14 bits per heavy atom. The summed E-state index contributed by atoms with van der Waals surface area (Å²) in [6.07, 6.45) is 0. The molecule has 3 nitrogen and oxygen atoms in total. The lowest BCUT2D eigenvalue weighted by Gasteiger charge is -2.13. The molecule has 14 heavy (non-hydrogen) atoms.